The molecule has 1 aromatic heterocycles. The summed E-state index contributed by atoms with van der Waals surface area (Å²) in [5.74, 6) is -0.375. The third-order valence-electron chi connectivity index (χ3n) is 6.39. The fraction of sp³-hybridized carbons (Fsp3) is 0.138. The van der Waals surface area contributed by atoms with Crippen LogP contribution >= 0.6 is 0 Å². The molecule has 7 heteroatoms. The van der Waals surface area contributed by atoms with Gasteiger partial charge in [0.25, 0.3) is 15.9 Å². The molecule has 6 nitrogen and oxygen atoms in total. The fourth-order valence-corrected chi connectivity index (χ4v) is 5.87. The summed E-state index contributed by atoms with van der Waals surface area (Å²) in [6, 6.07) is 25.8. The molecule has 0 fully saturated rings. The van der Waals surface area contributed by atoms with Gasteiger partial charge in [-0.3, -0.25) is 9.52 Å². The number of nitrogens with zero attached hydrogens (tertiary/aromatic N) is 1. The number of aromatic nitrogens is 1. The maximum absolute atomic E-state index is 13.1. The summed E-state index contributed by atoms with van der Waals surface area (Å²) in [4.78, 5) is 13.2. The zero-order valence-electron chi connectivity index (χ0n) is 20.4. The average molecular weight is 498 g/mol. The summed E-state index contributed by atoms with van der Waals surface area (Å²) in [5.41, 5.74) is 5.21. The predicted molar refractivity (Wildman–Crippen MR) is 146 cm³/mol. The highest BCUT2D eigenvalue weighted by Gasteiger charge is 2.20. The number of carbonyl (C=O) groups is 1. The first kappa shape index (κ1) is 23.6. The van der Waals surface area contributed by atoms with E-state index in [4.69, 9.17) is 0 Å². The van der Waals surface area contributed by atoms with Crippen LogP contribution in [-0.2, 0) is 16.6 Å². The van der Waals surface area contributed by atoms with Crippen LogP contribution in [0, 0.1) is 13.8 Å². The van der Waals surface area contributed by atoms with Crippen molar-refractivity contribution in [1.29, 1.82) is 0 Å². The number of sulfonamides is 1. The zero-order chi connectivity index (χ0) is 25.4. The van der Waals surface area contributed by atoms with E-state index in [2.05, 4.69) is 33.7 Å². The van der Waals surface area contributed by atoms with Crippen molar-refractivity contribution >= 4 is 49.1 Å². The summed E-state index contributed by atoms with van der Waals surface area (Å²) >= 11 is 0. The first-order valence-corrected chi connectivity index (χ1v) is 13.3. The summed E-state index contributed by atoms with van der Waals surface area (Å²) in [6.45, 7) is 6.60. The molecule has 182 valence electrons. The molecule has 0 saturated heterocycles. The van der Waals surface area contributed by atoms with E-state index in [0.717, 1.165) is 33.9 Å². The predicted octanol–water partition coefficient (Wildman–Crippen LogP) is 6.48. The third-order valence-corrected chi connectivity index (χ3v) is 7.91. The monoisotopic (exact) mass is 497 g/mol. The summed E-state index contributed by atoms with van der Waals surface area (Å²) in [5, 5.41) is 5.11. The molecule has 0 bridgehead atoms. The van der Waals surface area contributed by atoms with Crippen molar-refractivity contribution in [2.75, 3.05) is 10.0 Å². The van der Waals surface area contributed by atoms with Gasteiger partial charge in [0.05, 0.1) is 4.90 Å². The number of aryl methyl sites for hydroxylation is 3. The lowest BCUT2D eigenvalue weighted by atomic mass is 10.1. The molecule has 0 saturated carbocycles. The number of hydrogen-bond acceptors (Lipinski definition) is 3. The van der Waals surface area contributed by atoms with Gasteiger partial charge >= 0.3 is 0 Å². The SMILES string of the molecule is CCn1c2ccccc2c2cc(NC(=O)c3ccc(C)c(S(=O)(=O)Nc4ccc(C)cc4)c3)ccc21. The fourth-order valence-electron chi connectivity index (χ4n) is 4.54. The molecule has 5 aromatic rings. The van der Waals surface area contributed by atoms with Gasteiger partial charge in [-0.15, -0.1) is 0 Å². The Morgan fingerprint density at radius 2 is 1.50 bits per heavy atom. The first-order valence-electron chi connectivity index (χ1n) is 11.8. The van der Waals surface area contributed by atoms with Crippen molar-refractivity contribution in [2.24, 2.45) is 0 Å². The molecule has 0 radical (unpaired) electrons. The van der Waals surface area contributed by atoms with Gasteiger partial charge in [-0.25, -0.2) is 8.42 Å². The molecule has 0 unspecified atom stereocenters. The molecule has 0 aliphatic heterocycles. The van der Waals surface area contributed by atoms with Crippen molar-refractivity contribution in [3.63, 3.8) is 0 Å². The van der Waals surface area contributed by atoms with Gasteiger partial charge in [0.2, 0.25) is 0 Å². The highest BCUT2D eigenvalue weighted by molar-refractivity contribution is 7.92. The Bertz CT molecular complexity index is 1720. The number of rotatable bonds is 6. The van der Waals surface area contributed by atoms with Gasteiger partial charge in [0, 0.05) is 45.3 Å². The van der Waals surface area contributed by atoms with Gasteiger partial charge in [0.15, 0.2) is 0 Å². The minimum atomic E-state index is -3.87. The standard InChI is InChI=1S/C29H27N3O3S/c1-4-32-26-8-6-5-7-24(26)25-18-23(15-16-27(25)32)30-29(33)21-12-11-20(3)28(17-21)36(34,35)31-22-13-9-19(2)10-14-22/h5-18,31H,4H2,1-3H3,(H,30,33). The van der Waals surface area contributed by atoms with Gasteiger partial charge in [-0.1, -0.05) is 42.0 Å². The van der Waals surface area contributed by atoms with E-state index < -0.39 is 10.0 Å². The van der Waals surface area contributed by atoms with E-state index in [1.807, 2.05) is 49.4 Å². The van der Waals surface area contributed by atoms with Crippen LogP contribution < -0.4 is 10.0 Å². The van der Waals surface area contributed by atoms with Crippen molar-refractivity contribution in [2.45, 2.75) is 32.2 Å². The van der Waals surface area contributed by atoms with Crippen molar-refractivity contribution in [1.82, 2.24) is 4.57 Å². The molecule has 4 aromatic carbocycles. The number of anilines is 2. The maximum atomic E-state index is 13.1. The Morgan fingerprint density at radius 3 is 2.25 bits per heavy atom. The third kappa shape index (κ3) is 4.33. The van der Waals surface area contributed by atoms with Crippen molar-refractivity contribution in [3.05, 3.63) is 102 Å². The minimum absolute atomic E-state index is 0.0668. The second-order valence-electron chi connectivity index (χ2n) is 8.90. The largest absolute Gasteiger partial charge is 0.341 e. The van der Waals surface area contributed by atoms with E-state index in [1.165, 1.54) is 6.07 Å². The van der Waals surface area contributed by atoms with Crippen LogP contribution in [0.3, 0.4) is 0 Å². The quantitative estimate of drug-likeness (QED) is 0.282. The second kappa shape index (κ2) is 9.17. The van der Waals surface area contributed by atoms with Crippen LogP contribution in [-0.4, -0.2) is 18.9 Å². The number of carbonyl (C=O) groups excluding carboxylic acids is 1. The highest BCUT2D eigenvalue weighted by Crippen LogP contribution is 2.31. The molecular weight excluding hydrogens is 470 g/mol. The molecule has 0 aliphatic carbocycles. The minimum Gasteiger partial charge on any atom is -0.341 e. The molecule has 36 heavy (non-hydrogen) atoms. The van der Waals surface area contributed by atoms with E-state index in [1.54, 1.807) is 31.2 Å². The second-order valence-corrected chi connectivity index (χ2v) is 10.6. The molecule has 1 amide bonds. The number of hydrogen-bond donors (Lipinski definition) is 2. The smallest absolute Gasteiger partial charge is 0.262 e. The van der Waals surface area contributed by atoms with E-state index >= 15 is 0 Å². The molecule has 0 atom stereocenters. The van der Waals surface area contributed by atoms with Crippen LogP contribution in [0.2, 0.25) is 0 Å². The topological polar surface area (TPSA) is 80.2 Å². The van der Waals surface area contributed by atoms with E-state index in [-0.39, 0.29) is 16.4 Å². The number of amides is 1. The normalized spacial score (nSPS) is 11.6. The Hall–Kier alpha value is -4.10. The molecular formula is C29H27N3O3S. The number of benzene rings is 4. The van der Waals surface area contributed by atoms with Crippen LogP contribution in [0.1, 0.15) is 28.4 Å². The van der Waals surface area contributed by atoms with Gasteiger partial charge in [-0.2, -0.15) is 0 Å². The van der Waals surface area contributed by atoms with Crippen LogP contribution in [0.25, 0.3) is 21.8 Å². The van der Waals surface area contributed by atoms with Gasteiger partial charge in [0.1, 0.15) is 0 Å². The molecule has 1 heterocycles. The number of nitrogens with one attached hydrogen (secondary N) is 2. The lowest BCUT2D eigenvalue weighted by Crippen LogP contribution is -2.17. The Morgan fingerprint density at radius 1 is 0.806 bits per heavy atom. The van der Waals surface area contributed by atoms with Gasteiger partial charge in [-0.05, 0) is 74.9 Å². The number of fused-ring (bicyclic) bond motifs is 3. The zero-order valence-corrected chi connectivity index (χ0v) is 21.2. The van der Waals surface area contributed by atoms with Crippen LogP contribution in [0.5, 0.6) is 0 Å². The molecule has 2 N–H and O–H groups in total. The maximum Gasteiger partial charge on any atom is 0.262 e. The Labute approximate surface area is 210 Å². The summed E-state index contributed by atoms with van der Waals surface area (Å²) in [7, 11) is -3.87. The van der Waals surface area contributed by atoms with Gasteiger partial charge < -0.3 is 9.88 Å². The summed E-state index contributed by atoms with van der Waals surface area (Å²) in [6.07, 6.45) is 0. The Balaban J connectivity index is 1.45. The van der Waals surface area contributed by atoms with Crippen LogP contribution in [0.4, 0.5) is 11.4 Å². The average Bonchev–Trinajstić information content (AvgIpc) is 3.18. The highest BCUT2D eigenvalue weighted by atomic mass is 32.2. The summed E-state index contributed by atoms with van der Waals surface area (Å²) < 4.78 is 31.0. The molecule has 5 rings (SSSR count). The first-order chi connectivity index (χ1) is 17.3. The van der Waals surface area contributed by atoms with Crippen molar-refractivity contribution in [3.8, 4) is 0 Å². The van der Waals surface area contributed by atoms with Crippen molar-refractivity contribution < 1.29 is 13.2 Å². The lowest BCUT2D eigenvalue weighted by molar-refractivity contribution is 0.102. The van der Waals surface area contributed by atoms with E-state index in [9.17, 15) is 13.2 Å². The molecule has 0 spiro atoms. The number of para-hydroxylation sites is 1. The lowest BCUT2D eigenvalue weighted by Gasteiger charge is -2.13. The Kier molecular flexibility index (Phi) is 6.02. The van der Waals surface area contributed by atoms with E-state index in [0.29, 0.717) is 16.9 Å². The van der Waals surface area contributed by atoms with Crippen LogP contribution in [0.15, 0.2) is 89.8 Å². The molecule has 0 aliphatic rings.